The molecular weight excluding hydrogens is 294 g/mol. The van der Waals surface area contributed by atoms with Crippen LogP contribution < -0.4 is 10.5 Å². The minimum absolute atomic E-state index is 0.0747. The van der Waals surface area contributed by atoms with E-state index in [1.54, 1.807) is 6.20 Å². The Morgan fingerprint density at radius 2 is 2.28 bits per heavy atom. The van der Waals surface area contributed by atoms with Gasteiger partial charge in [-0.1, -0.05) is 22.0 Å². The summed E-state index contributed by atoms with van der Waals surface area (Å²) in [5.41, 5.74) is 6.91. The first-order valence-corrected chi connectivity index (χ1v) is 6.64. The van der Waals surface area contributed by atoms with Crippen molar-refractivity contribution in [3.63, 3.8) is 0 Å². The molecule has 1 unspecified atom stereocenters. The van der Waals surface area contributed by atoms with Crippen molar-refractivity contribution >= 4 is 15.9 Å². The smallest absolute Gasteiger partial charge is 0.165 e. The molecule has 0 aliphatic rings. The molecule has 5 heteroatoms. The zero-order valence-electron chi connectivity index (χ0n) is 10.4. The van der Waals surface area contributed by atoms with E-state index in [2.05, 4.69) is 21.0 Å². The van der Waals surface area contributed by atoms with Gasteiger partial charge in [-0.2, -0.15) is 5.10 Å². The maximum Gasteiger partial charge on any atom is 0.165 e. The Bertz CT molecular complexity index is 537. The summed E-state index contributed by atoms with van der Waals surface area (Å²) in [5.74, 6) is 1.48. The molecule has 96 valence electrons. The highest BCUT2D eigenvalue weighted by Gasteiger charge is 2.10. The fourth-order valence-corrected chi connectivity index (χ4v) is 2.01. The molecule has 2 rings (SSSR count). The van der Waals surface area contributed by atoms with Crippen LogP contribution in [0.15, 0.2) is 35.1 Å². The molecule has 2 aromatic rings. The predicted molar refractivity (Wildman–Crippen MR) is 74.7 cm³/mol. The summed E-state index contributed by atoms with van der Waals surface area (Å²) in [6.07, 6.45) is 3.57. The van der Waals surface area contributed by atoms with Crippen molar-refractivity contribution in [1.82, 2.24) is 9.78 Å². The molecule has 1 aromatic carbocycles. The third kappa shape index (κ3) is 2.91. The molecule has 2 N–H and O–H groups in total. The van der Waals surface area contributed by atoms with Crippen molar-refractivity contribution in [2.75, 3.05) is 0 Å². The van der Waals surface area contributed by atoms with Gasteiger partial charge in [0.15, 0.2) is 5.75 Å². The Hall–Kier alpha value is -1.33. The number of hydrogen-bond acceptors (Lipinski definition) is 3. The van der Waals surface area contributed by atoms with E-state index in [1.165, 1.54) is 0 Å². The van der Waals surface area contributed by atoms with Gasteiger partial charge >= 0.3 is 0 Å². The largest absolute Gasteiger partial charge is 0.454 e. The lowest BCUT2D eigenvalue weighted by Gasteiger charge is -2.13. The van der Waals surface area contributed by atoms with E-state index in [0.29, 0.717) is 0 Å². The van der Waals surface area contributed by atoms with E-state index in [4.69, 9.17) is 10.5 Å². The van der Waals surface area contributed by atoms with Crippen LogP contribution in [0.3, 0.4) is 0 Å². The summed E-state index contributed by atoms with van der Waals surface area (Å²) in [4.78, 5) is 0. The van der Waals surface area contributed by atoms with Crippen LogP contribution in [-0.4, -0.2) is 9.78 Å². The van der Waals surface area contributed by atoms with Crippen LogP contribution in [0.5, 0.6) is 11.5 Å². The molecule has 1 heterocycles. The highest BCUT2D eigenvalue weighted by molar-refractivity contribution is 9.10. The second kappa shape index (κ2) is 5.54. The topological polar surface area (TPSA) is 53.1 Å². The maximum absolute atomic E-state index is 5.93. The van der Waals surface area contributed by atoms with Gasteiger partial charge in [0.2, 0.25) is 0 Å². The van der Waals surface area contributed by atoms with Crippen molar-refractivity contribution in [2.24, 2.45) is 5.73 Å². The summed E-state index contributed by atoms with van der Waals surface area (Å²) in [6, 6.07) is 5.77. The van der Waals surface area contributed by atoms with Crippen molar-refractivity contribution in [1.29, 1.82) is 0 Å². The van der Waals surface area contributed by atoms with E-state index in [-0.39, 0.29) is 6.04 Å². The molecule has 0 spiro atoms. The lowest BCUT2D eigenvalue weighted by atomic mass is 10.1. The molecular formula is C13H16BrN3O. The van der Waals surface area contributed by atoms with Crippen LogP contribution in [0.2, 0.25) is 0 Å². The van der Waals surface area contributed by atoms with Crippen molar-refractivity contribution in [2.45, 2.75) is 26.4 Å². The average molecular weight is 310 g/mol. The summed E-state index contributed by atoms with van der Waals surface area (Å²) >= 11 is 3.44. The van der Waals surface area contributed by atoms with Gasteiger partial charge in [0.05, 0.1) is 12.4 Å². The van der Waals surface area contributed by atoms with Crippen LogP contribution in [0.4, 0.5) is 0 Å². The van der Waals surface area contributed by atoms with Crippen molar-refractivity contribution in [3.05, 3.63) is 40.6 Å². The Morgan fingerprint density at radius 3 is 2.89 bits per heavy atom. The maximum atomic E-state index is 5.93. The Kier molecular flexibility index (Phi) is 4.04. The molecule has 0 aliphatic heterocycles. The number of nitrogens with two attached hydrogens (primary N) is 1. The van der Waals surface area contributed by atoms with Gasteiger partial charge in [-0.15, -0.1) is 0 Å². The molecule has 0 bridgehead atoms. The highest BCUT2D eigenvalue weighted by Crippen LogP contribution is 2.31. The van der Waals surface area contributed by atoms with Gasteiger partial charge in [0.25, 0.3) is 0 Å². The molecule has 0 saturated heterocycles. The lowest BCUT2D eigenvalue weighted by molar-refractivity contribution is 0.470. The Balaban J connectivity index is 2.29. The van der Waals surface area contributed by atoms with Gasteiger partial charge in [0, 0.05) is 22.6 Å². The highest BCUT2D eigenvalue weighted by atomic mass is 79.9. The fourth-order valence-electron chi connectivity index (χ4n) is 1.67. The first kappa shape index (κ1) is 13.1. The zero-order chi connectivity index (χ0) is 13.1. The number of rotatable bonds is 4. The van der Waals surface area contributed by atoms with Gasteiger partial charge in [-0.05, 0) is 26.0 Å². The van der Waals surface area contributed by atoms with Gasteiger partial charge < -0.3 is 10.5 Å². The molecule has 0 amide bonds. The SMILES string of the molecule is CCn1cc(Oc2cc(Br)ccc2C(C)N)cn1. The molecule has 4 nitrogen and oxygen atoms in total. The minimum Gasteiger partial charge on any atom is -0.454 e. The van der Waals surface area contributed by atoms with Crippen molar-refractivity contribution in [3.8, 4) is 11.5 Å². The van der Waals surface area contributed by atoms with Crippen LogP contribution in [0.1, 0.15) is 25.5 Å². The first-order valence-electron chi connectivity index (χ1n) is 5.85. The molecule has 0 fully saturated rings. The molecule has 1 atom stereocenters. The summed E-state index contributed by atoms with van der Waals surface area (Å²) in [6.45, 7) is 4.79. The quantitative estimate of drug-likeness (QED) is 0.940. The van der Waals surface area contributed by atoms with Crippen LogP contribution in [-0.2, 0) is 6.54 Å². The van der Waals surface area contributed by atoms with Crippen LogP contribution in [0, 0.1) is 0 Å². The fraction of sp³-hybridized carbons (Fsp3) is 0.308. The third-order valence-corrected chi connectivity index (χ3v) is 3.12. The van der Waals surface area contributed by atoms with E-state index >= 15 is 0 Å². The summed E-state index contributed by atoms with van der Waals surface area (Å²) in [7, 11) is 0. The lowest BCUT2D eigenvalue weighted by Crippen LogP contribution is -2.06. The first-order chi connectivity index (χ1) is 8.60. The summed E-state index contributed by atoms with van der Waals surface area (Å²) < 4.78 is 8.62. The predicted octanol–water partition coefficient (Wildman–Crippen LogP) is 3.48. The second-order valence-electron chi connectivity index (χ2n) is 4.10. The number of nitrogens with zero attached hydrogens (tertiary/aromatic N) is 2. The van der Waals surface area contributed by atoms with E-state index < -0.39 is 0 Å². The van der Waals surface area contributed by atoms with Crippen LogP contribution in [0.25, 0.3) is 0 Å². The normalized spacial score (nSPS) is 12.4. The van der Waals surface area contributed by atoms with Crippen LogP contribution >= 0.6 is 15.9 Å². The number of benzene rings is 1. The van der Waals surface area contributed by atoms with E-state index in [1.807, 2.05) is 42.9 Å². The minimum atomic E-state index is -0.0747. The second-order valence-corrected chi connectivity index (χ2v) is 5.02. The van der Waals surface area contributed by atoms with E-state index in [9.17, 15) is 0 Å². The number of aromatic nitrogens is 2. The van der Waals surface area contributed by atoms with Gasteiger partial charge in [-0.3, -0.25) is 4.68 Å². The monoisotopic (exact) mass is 309 g/mol. The number of hydrogen-bond donors (Lipinski definition) is 1. The number of ether oxygens (including phenoxy) is 1. The molecule has 0 saturated carbocycles. The molecule has 0 radical (unpaired) electrons. The van der Waals surface area contributed by atoms with E-state index in [0.717, 1.165) is 28.1 Å². The standard InChI is InChI=1S/C13H16BrN3O/c1-3-17-8-11(7-16-17)18-13-6-10(14)4-5-12(13)9(2)15/h4-9H,3,15H2,1-2H3. The molecule has 1 aromatic heterocycles. The Labute approximate surface area is 115 Å². The zero-order valence-corrected chi connectivity index (χ0v) is 12.0. The number of aryl methyl sites for hydroxylation is 1. The molecule has 0 aliphatic carbocycles. The molecule has 18 heavy (non-hydrogen) atoms. The average Bonchev–Trinajstić information content (AvgIpc) is 2.76. The Morgan fingerprint density at radius 1 is 1.50 bits per heavy atom. The van der Waals surface area contributed by atoms with Gasteiger partial charge in [0.1, 0.15) is 5.75 Å². The van der Waals surface area contributed by atoms with Gasteiger partial charge in [-0.25, -0.2) is 0 Å². The summed E-state index contributed by atoms with van der Waals surface area (Å²) in [5, 5.41) is 4.18. The third-order valence-electron chi connectivity index (χ3n) is 2.63. The van der Waals surface area contributed by atoms with Crippen molar-refractivity contribution < 1.29 is 4.74 Å². The number of halogens is 1.